The first kappa shape index (κ1) is 15.0. The van der Waals surface area contributed by atoms with E-state index in [1.165, 1.54) is 0 Å². The lowest BCUT2D eigenvalue weighted by atomic mass is 10.0. The van der Waals surface area contributed by atoms with Crippen molar-refractivity contribution < 1.29 is 9.53 Å². The number of H-pyrrole nitrogens is 1. The Kier molecular flexibility index (Phi) is 5.86. The maximum atomic E-state index is 11.9. The summed E-state index contributed by atoms with van der Waals surface area (Å²) >= 11 is 0. The van der Waals surface area contributed by atoms with Gasteiger partial charge in [0.25, 0.3) is 0 Å². The van der Waals surface area contributed by atoms with Crippen LogP contribution in [-0.2, 0) is 4.74 Å². The van der Waals surface area contributed by atoms with E-state index in [2.05, 4.69) is 4.98 Å². The molecule has 1 heterocycles. The SMILES string of the molecule is CC.CCOC(=O)c1c(-c2ccccc2)c[nH]c1C. The molecule has 0 amide bonds. The van der Waals surface area contributed by atoms with Crippen molar-refractivity contribution in [2.45, 2.75) is 27.7 Å². The van der Waals surface area contributed by atoms with Crippen LogP contribution in [0.2, 0.25) is 0 Å². The van der Waals surface area contributed by atoms with Gasteiger partial charge < -0.3 is 9.72 Å². The highest BCUT2D eigenvalue weighted by molar-refractivity contribution is 5.98. The van der Waals surface area contributed by atoms with Crippen molar-refractivity contribution in [2.75, 3.05) is 6.61 Å². The molecule has 19 heavy (non-hydrogen) atoms. The smallest absolute Gasteiger partial charge is 0.340 e. The Hall–Kier alpha value is -2.03. The molecule has 102 valence electrons. The summed E-state index contributed by atoms with van der Waals surface area (Å²) in [4.78, 5) is 15.0. The molecule has 0 radical (unpaired) electrons. The van der Waals surface area contributed by atoms with Gasteiger partial charge in [-0.15, -0.1) is 0 Å². The Balaban J connectivity index is 0.000000861. The van der Waals surface area contributed by atoms with Crippen molar-refractivity contribution in [3.63, 3.8) is 0 Å². The fourth-order valence-electron chi connectivity index (χ4n) is 1.84. The number of aromatic nitrogens is 1. The quantitative estimate of drug-likeness (QED) is 0.840. The highest BCUT2D eigenvalue weighted by atomic mass is 16.5. The van der Waals surface area contributed by atoms with E-state index in [-0.39, 0.29) is 5.97 Å². The third-order valence-corrected chi connectivity index (χ3v) is 2.64. The summed E-state index contributed by atoms with van der Waals surface area (Å²) in [5.41, 5.74) is 3.36. The number of ether oxygens (including phenoxy) is 1. The van der Waals surface area contributed by atoms with Gasteiger partial charge in [0.1, 0.15) is 0 Å². The highest BCUT2D eigenvalue weighted by Gasteiger charge is 2.18. The molecule has 0 spiro atoms. The van der Waals surface area contributed by atoms with Crippen molar-refractivity contribution in [3.8, 4) is 11.1 Å². The standard InChI is InChI=1S/C14H15NO2.C2H6/c1-3-17-14(16)13-10(2)15-9-12(13)11-7-5-4-6-8-11;1-2/h4-9,15H,3H2,1-2H3;1-2H3. The van der Waals surface area contributed by atoms with Crippen LogP contribution >= 0.6 is 0 Å². The van der Waals surface area contributed by atoms with Gasteiger partial charge in [-0.2, -0.15) is 0 Å². The van der Waals surface area contributed by atoms with Gasteiger partial charge in [-0.25, -0.2) is 4.79 Å². The molecule has 0 aliphatic heterocycles. The molecular weight excluding hydrogens is 238 g/mol. The average molecular weight is 259 g/mol. The Bertz CT molecular complexity index is 515. The summed E-state index contributed by atoms with van der Waals surface area (Å²) in [6.07, 6.45) is 1.84. The Morgan fingerprint density at radius 1 is 1.21 bits per heavy atom. The number of carbonyl (C=O) groups is 1. The van der Waals surface area contributed by atoms with Crippen LogP contribution in [0.1, 0.15) is 36.8 Å². The van der Waals surface area contributed by atoms with Crippen LogP contribution in [0.15, 0.2) is 36.5 Å². The first-order valence-corrected chi connectivity index (χ1v) is 6.64. The Labute approximate surface area is 114 Å². The van der Waals surface area contributed by atoms with Crippen LogP contribution in [0.25, 0.3) is 11.1 Å². The number of hydrogen-bond donors (Lipinski definition) is 1. The van der Waals surface area contributed by atoms with Crippen molar-refractivity contribution in [1.29, 1.82) is 0 Å². The molecule has 2 rings (SSSR count). The summed E-state index contributed by atoms with van der Waals surface area (Å²) in [5, 5.41) is 0. The number of aryl methyl sites for hydroxylation is 1. The predicted octanol–water partition coefficient (Wildman–Crippen LogP) is 4.19. The zero-order chi connectivity index (χ0) is 14.3. The van der Waals surface area contributed by atoms with Gasteiger partial charge in [-0.05, 0) is 19.4 Å². The van der Waals surface area contributed by atoms with Crippen molar-refractivity contribution in [2.24, 2.45) is 0 Å². The number of aromatic amines is 1. The second-order valence-corrected chi connectivity index (χ2v) is 3.79. The monoisotopic (exact) mass is 259 g/mol. The van der Waals surface area contributed by atoms with Crippen LogP contribution in [0, 0.1) is 6.92 Å². The van der Waals surface area contributed by atoms with Crippen LogP contribution in [0.5, 0.6) is 0 Å². The third kappa shape index (κ3) is 3.47. The first-order valence-electron chi connectivity index (χ1n) is 6.64. The zero-order valence-corrected chi connectivity index (χ0v) is 12.0. The third-order valence-electron chi connectivity index (χ3n) is 2.64. The number of carbonyl (C=O) groups excluding carboxylic acids is 1. The lowest BCUT2D eigenvalue weighted by molar-refractivity contribution is 0.0526. The maximum absolute atomic E-state index is 11.9. The molecule has 1 aromatic carbocycles. The maximum Gasteiger partial charge on any atom is 0.340 e. The minimum absolute atomic E-state index is 0.273. The first-order chi connectivity index (χ1) is 9.24. The van der Waals surface area contributed by atoms with E-state index in [0.29, 0.717) is 12.2 Å². The predicted molar refractivity (Wildman–Crippen MR) is 78.3 cm³/mol. The van der Waals surface area contributed by atoms with E-state index < -0.39 is 0 Å². The van der Waals surface area contributed by atoms with Gasteiger partial charge in [0.2, 0.25) is 0 Å². The highest BCUT2D eigenvalue weighted by Crippen LogP contribution is 2.26. The number of nitrogens with one attached hydrogen (secondary N) is 1. The van der Waals surface area contributed by atoms with Gasteiger partial charge in [0.05, 0.1) is 12.2 Å². The van der Waals surface area contributed by atoms with Gasteiger partial charge in [0.15, 0.2) is 0 Å². The summed E-state index contributed by atoms with van der Waals surface area (Å²) in [6, 6.07) is 9.81. The molecular formula is C16H21NO2. The average Bonchev–Trinajstić information content (AvgIpc) is 2.84. The molecule has 0 saturated heterocycles. The van der Waals surface area contributed by atoms with E-state index in [9.17, 15) is 4.79 Å². The van der Waals surface area contributed by atoms with Crippen molar-refractivity contribution in [1.82, 2.24) is 4.98 Å². The fraction of sp³-hybridized carbons (Fsp3) is 0.312. The summed E-state index contributed by atoms with van der Waals surface area (Å²) in [5.74, 6) is -0.273. The second-order valence-electron chi connectivity index (χ2n) is 3.79. The normalized spacial score (nSPS) is 9.47. The number of esters is 1. The molecule has 0 fully saturated rings. The molecule has 0 unspecified atom stereocenters. The number of hydrogen-bond acceptors (Lipinski definition) is 2. The van der Waals surface area contributed by atoms with Gasteiger partial charge in [-0.3, -0.25) is 0 Å². The van der Waals surface area contributed by atoms with E-state index >= 15 is 0 Å². The molecule has 2 aromatic rings. The lowest BCUT2D eigenvalue weighted by Crippen LogP contribution is -2.06. The second kappa shape index (κ2) is 7.41. The van der Waals surface area contributed by atoms with E-state index in [1.807, 2.05) is 64.2 Å². The number of rotatable bonds is 3. The molecule has 3 heteroatoms. The van der Waals surface area contributed by atoms with Crippen molar-refractivity contribution >= 4 is 5.97 Å². The van der Waals surface area contributed by atoms with Crippen LogP contribution in [0.4, 0.5) is 0 Å². The summed E-state index contributed by atoms with van der Waals surface area (Å²) in [7, 11) is 0. The minimum Gasteiger partial charge on any atom is -0.462 e. The van der Waals surface area contributed by atoms with Gasteiger partial charge in [-0.1, -0.05) is 44.2 Å². The van der Waals surface area contributed by atoms with Crippen LogP contribution < -0.4 is 0 Å². The fourth-order valence-corrected chi connectivity index (χ4v) is 1.84. The van der Waals surface area contributed by atoms with Crippen LogP contribution in [-0.4, -0.2) is 17.6 Å². The molecule has 0 atom stereocenters. The van der Waals surface area contributed by atoms with E-state index in [0.717, 1.165) is 16.8 Å². The molecule has 0 aliphatic rings. The molecule has 0 aliphatic carbocycles. The van der Waals surface area contributed by atoms with E-state index in [4.69, 9.17) is 4.74 Å². The minimum atomic E-state index is -0.273. The molecule has 1 N–H and O–H groups in total. The lowest BCUT2D eigenvalue weighted by Gasteiger charge is -2.05. The van der Waals surface area contributed by atoms with Crippen LogP contribution in [0.3, 0.4) is 0 Å². The summed E-state index contributed by atoms with van der Waals surface area (Å²) < 4.78 is 5.07. The molecule has 1 aromatic heterocycles. The summed E-state index contributed by atoms with van der Waals surface area (Å²) in [6.45, 7) is 8.07. The van der Waals surface area contributed by atoms with Crippen molar-refractivity contribution in [3.05, 3.63) is 47.8 Å². The molecule has 3 nitrogen and oxygen atoms in total. The topological polar surface area (TPSA) is 42.1 Å². The Morgan fingerprint density at radius 2 is 1.84 bits per heavy atom. The van der Waals surface area contributed by atoms with Gasteiger partial charge in [0, 0.05) is 17.5 Å². The molecule has 0 bridgehead atoms. The largest absolute Gasteiger partial charge is 0.462 e. The molecule has 0 saturated carbocycles. The zero-order valence-electron chi connectivity index (χ0n) is 12.0. The number of benzene rings is 1. The van der Waals surface area contributed by atoms with Gasteiger partial charge >= 0.3 is 5.97 Å². The Morgan fingerprint density at radius 3 is 2.42 bits per heavy atom. The van der Waals surface area contributed by atoms with E-state index in [1.54, 1.807) is 0 Å².